The predicted octanol–water partition coefficient (Wildman–Crippen LogP) is 1.46. The highest BCUT2D eigenvalue weighted by molar-refractivity contribution is 7.17. The van der Waals surface area contributed by atoms with Gasteiger partial charge in [0.2, 0.25) is 17.5 Å². The number of aromatic nitrogens is 2. The fourth-order valence-corrected chi connectivity index (χ4v) is 3.03. The molecular formula is C14H11N3O4S. The van der Waals surface area contributed by atoms with Crippen molar-refractivity contribution < 1.29 is 19.1 Å². The van der Waals surface area contributed by atoms with E-state index in [0.717, 1.165) is 11.3 Å². The molecule has 2 aromatic rings. The van der Waals surface area contributed by atoms with Crippen LogP contribution in [0.2, 0.25) is 0 Å². The lowest BCUT2D eigenvalue weighted by Crippen LogP contribution is -2.36. The van der Waals surface area contributed by atoms with E-state index in [2.05, 4.69) is 15.3 Å². The molecule has 0 aromatic carbocycles. The van der Waals surface area contributed by atoms with E-state index in [1.54, 1.807) is 18.3 Å². The van der Waals surface area contributed by atoms with E-state index in [1.165, 1.54) is 13.1 Å². The number of anilines is 1. The molecule has 1 N–H and O–H groups in total. The number of thiazole rings is 1. The molecule has 0 bridgehead atoms. The first kappa shape index (κ1) is 14.5. The Labute approximate surface area is 129 Å². The zero-order chi connectivity index (χ0) is 15.7. The molecule has 2 aromatic heterocycles. The Hall–Kier alpha value is -2.45. The number of ether oxygens (including phenoxy) is 1. The van der Waals surface area contributed by atoms with Gasteiger partial charge < -0.3 is 10.1 Å². The van der Waals surface area contributed by atoms with Gasteiger partial charge in [-0.3, -0.25) is 19.4 Å². The quantitative estimate of drug-likeness (QED) is 0.680. The molecule has 22 heavy (non-hydrogen) atoms. The number of amides is 1. The van der Waals surface area contributed by atoms with Crippen molar-refractivity contribution in [2.45, 2.75) is 19.6 Å². The maximum Gasteiger partial charge on any atom is 0.223 e. The molecule has 0 saturated heterocycles. The second kappa shape index (κ2) is 5.74. The van der Waals surface area contributed by atoms with Gasteiger partial charge in [-0.1, -0.05) is 11.3 Å². The van der Waals surface area contributed by atoms with Gasteiger partial charge in [-0.2, -0.15) is 0 Å². The highest BCUT2D eigenvalue weighted by Crippen LogP contribution is 2.30. The number of Topliss-reactive ketones (excluding diaryl/α,β-unsaturated/α-hetero) is 2. The molecule has 1 unspecified atom stereocenters. The normalized spacial score (nSPS) is 17.0. The fourth-order valence-electron chi connectivity index (χ4n) is 2.06. The van der Waals surface area contributed by atoms with Crippen LogP contribution in [0.3, 0.4) is 0 Å². The summed E-state index contributed by atoms with van der Waals surface area (Å²) >= 11 is 1.05. The van der Waals surface area contributed by atoms with E-state index in [1.807, 2.05) is 0 Å². The number of nitrogens with zero attached hydrogens (tertiary/aromatic N) is 2. The number of hydrogen-bond donors (Lipinski definition) is 1. The van der Waals surface area contributed by atoms with Crippen LogP contribution in [-0.2, 0) is 16.1 Å². The van der Waals surface area contributed by atoms with Crippen molar-refractivity contribution in [3.8, 4) is 0 Å². The van der Waals surface area contributed by atoms with Crippen LogP contribution >= 0.6 is 11.3 Å². The van der Waals surface area contributed by atoms with Gasteiger partial charge in [-0.15, -0.1) is 0 Å². The second-order valence-corrected chi connectivity index (χ2v) is 5.64. The Kier molecular flexibility index (Phi) is 3.78. The average molecular weight is 317 g/mol. The lowest BCUT2D eigenvalue weighted by Gasteiger charge is -2.19. The molecule has 1 amide bonds. The zero-order valence-corrected chi connectivity index (χ0v) is 12.3. The highest BCUT2D eigenvalue weighted by atomic mass is 32.1. The zero-order valence-electron chi connectivity index (χ0n) is 11.5. The molecule has 0 saturated carbocycles. The predicted molar refractivity (Wildman–Crippen MR) is 77.9 cm³/mol. The van der Waals surface area contributed by atoms with Crippen LogP contribution in [-0.4, -0.2) is 33.5 Å². The standard InChI is InChI=1S/C14H11N3O4S/c1-7(18)16-14-17-9-6-21-12(11(20)13(9)22-14)10(19)8-3-2-4-15-5-8/h2-5,12H,6H2,1H3,(H,16,17,18). The molecule has 0 aliphatic carbocycles. The molecular weight excluding hydrogens is 306 g/mol. The van der Waals surface area contributed by atoms with Crippen molar-refractivity contribution in [2.24, 2.45) is 0 Å². The highest BCUT2D eigenvalue weighted by Gasteiger charge is 2.37. The first-order valence-corrected chi connectivity index (χ1v) is 7.25. The summed E-state index contributed by atoms with van der Waals surface area (Å²) < 4.78 is 5.36. The summed E-state index contributed by atoms with van der Waals surface area (Å²) in [7, 11) is 0. The summed E-state index contributed by atoms with van der Waals surface area (Å²) in [5, 5.41) is 2.85. The summed E-state index contributed by atoms with van der Waals surface area (Å²) in [5.41, 5.74) is 0.755. The Morgan fingerprint density at radius 3 is 2.95 bits per heavy atom. The molecule has 0 fully saturated rings. The molecule has 0 radical (unpaired) electrons. The van der Waals surface area contributed by atoms with E-state index in [4.69, 9.17) is 4.74 Å². The second-order valence-electron chi connectivity index (χ2n) is 4.64. The van der Waals surface area contributed by atoms with Gasteiger partial charge in [-0.25, -0.2) is 4.98 Å². The van der Waals surface area contributed by atoms with Crippen LogP contribution in [0.5, 0.6) is 0 Å². The third-order valence-electron chi connectivity index (χ3n) is 3.01. The summed E-state index contributed by atoms with van der Waals surface area (Å²) in [6, 6.07) is 3.20. The molecule has 3 rings (SSSR count). The van der Waals surface area contributed by atoms with Crippen molar-refractivity contribution in [1.29, 1.82) is 0 Å². The summed E-state index contributed by atoms with van der Waals surface area (Å²) in [5.74, 6) is -1.15. The Bertz CT molecular complexity index is 757. The summed E-state index contributed by atoms with van der Waals surface area (Å²) in [6.07, 6.45) is 1.74. The molecule has 1 atom stereocenters. The Balaban J connectivity index is 1.86. The third-order valence-corrected chi connectivity index (χ3v) is 4.04. The molecule has 1 aliphatic heterocycles. The molecule has 0 spiro atoms. The minimum absolute atomic E-state index is 0.0494. The number of nitrogens with one attached hydrogen (secondary N) is 1. The number of pyridine rings is 1. The number of ketones is 2. The first-order valence-electron chi connectivity index (χ1n) is 6.43. The van der Waals surface area contributed by atoms with Crippen molar-refractivity contribution in [2.75, 3.05) is 5.32 Å². The van der Waals surface area contributed by atoms with Gasteiger partial charge in [0.15, 0.2) is 11.2 Å². The van der Waals surface area contributed by atoms with Gasteiger partial charge in [0.25, 0.3) is 0 Å². The van der Waals surface area contributed by atoms with Gasteiger partial charge in [-0.05, 0) is 12.1 Å². The van der Waals surface area contributed by atoms with Crippen molar-refractivity contribution in [3.63, 3.8) is 0 Å². The van der Waals surface area contributed by atoms with Gasteiger partial charge in [0, 0.05) is 24.9 Å². The first-order chi connectivity index (χ1) is 10.6. The van der Waals surface area contributed by atoms with Crippen LogP contribution in [0.15, 0.2) is 24.5 Å². The molecule has 1 aliphatic rings. The van der Waals surface area contributed by atoms with E-state index in [0.29, 0.717) is 21.3 Å². The molecule has 3 heterocycles. The summed E-state index contributed by atoms with van der Waals surface area (Å²) in [4.78, 5) is 44.1. The summed E-state index contributed by atoms with van der Waals surface area (Å²) in [6.45, 7) is 1.40. The van der Waals surface area contributed by atoms with E-state index in [9.17, 15) is 14.4 Å². The lowest BCUT2D eigenvalue weighted by molar-refractivity contribution is -0.114. The lowest BCUT2D eigenvalue weighted by atomic mass is 10.0. The maximum atomic E-state index is 12.4. The van der Waals surface area contributed by atoms with E-state index in [-0.39, 0.29) is 12.5 Å². The molecule has 112 valence electrons. The fraction of sp³-hybridized carbons (Fsp3) is 0.214. The van der Waals surface area contributed by atoms with Gasteiger partial charge >= 0.3 is 0 Å². The van der Waals surface area contributed by atoms with E-state index < -0.39 is 17.7 Å². The maximum absolute atomic E-state index is 12.4. The van der Waals surface area contributed by atoms with Gasteiger partial charge in [0.1, 0.15) is 4.88 Å². The van der Waals surface area contributed by atoms with Crippen LogP contribution < -0.4 is 5.32 Å². The monoisotopic (exact) mass is 317 g/mol. The minimum atomic E-state index is -1.19. The number of fused-ring (bicyclic) bond motifs is 1. The van der Waals surface area contributed by atoms with Crippen LogP contribution in [0, 0.1) is 0 Å². The smallest absolute Gasteiger partial charge is 0.223 e. The van der Waals surface area contributed by atoms with Crippen LogP contribution in [0.1, 0.15) is 32.6 Å². The number of carbonyl (C=O) groups excluding carboxylic acids is 3. The average Bonchev–Trinajstić information content (AvgIpc) is 2.90. The van der Waals surface area contributed by atoms with Crippen molar-refractivity contribution in [3.05, 3.63) is 40.7 Å². The Morgan fingerprint density at radius 1 is 1.45 bits per heavy atom. The topological polar surface area (TPSA) is 98.2 Å². The molecule has 7 nitrogen and oxygen atoms in total. The Morgan fingerprint density at radius 2 is 2.27 bits per heavy atom. The number of hydrogen-bond acceptors (Lipinski definition) is 7. The van der Waals surface area contributed by atoms with Gasteiger partial charge in [0.05, 0.1) is 12.3 Å². The van der Waals surface area contributed by atoms with E-state index >= 15 is 0 Å². The third kappa shape index (κ3) is 2.66. The number of carbonyl (C=O) groups is 3. The van der Waals surface area contributed by atoms with Crippen molar-refractivity contribution in [1.82, 2.24) is 9.97 Å². The number of rotatable bonds is 3. The SMILES string of the molecule is CC(=O)Nc1nc2c(s1)C(=O)C(C(=O)c1cccnc1)OC2. The minimum Gasteiger partial charge on any atom is -0.355 e. The van der Waals surface area contributed by atoms with Crippen LogP contribution in [0.25, 0.3) is 0 Å². The van der Waals surface area contributed by atoms with Crippen LogP contribution in [0.4, 0.5) is 5.13 Å². The molecule has 8 heteroatoms. The largest absolute Gasteiger partial charge is 0.355 e. The van der Waals surface area contributed by atoms with Crippen molar-refractivity contribution >= 4 is 33.9 Å².